The van der Waals surface area contributed by atoms with Gasteiger partial charge in [-0.2, -0.15) is 0 Å². The lowest BCUT2D eigenvalue weighted by atomic mass is 9.93. The molecule has 0 aromatic heterocycles. The number of carbonyl (C=O) groups excluding carboxylic acids is 1. The minimum atomic E-state index is -0.454. The maximum absolute atomic E-state index is 12.0. The Labute approximate surface area is 131 Å². The summed E-state index contributed by atoms with van der Waals surface area (Å²) in [7, 11) is 0. The second kappa shape index (κ2) is 6.65. The Hall–Kier alpha value is -0.290. The number of rotatable bonds is 3. The molecule has 1 aliphatic rings. The number of alkyl halides is 1. The summed E-state index contributed by atoms with van der Waals surface area (Å²) in [5.41, 5.74) is -0.185. The number of amides is 1. The normalized spacial score (nSPS) is 24.1. The molecule has 2 unspecified atom stereocenters. The molecule has 0 aliphatic carbocycles. The highest BCUT2D eigenvalue weighted by Gasteiger charge is 2.36. The van der Waals surface area contributed by atoms with Gasteiger partial charge in [0, 0.05) is 13.2 Å². The predicted molar refractivity (Wildman–Crippen MR) is 84.3 cm³/mol. The van der Waals surface area contributed by atoms with Gasteiger partial charge in [-0.25, -0.2) is 4.79 Å². The molecule has 0 aromatic rings. The van der Waals surface area contributed by atoms with Gasteiger partial charge in [-0.15, -0.1) is 0 Å². The average molecular weight is 350 g/mol. The number of nitrogens with zero attached hydrogens (tertiary/aromatic N) is 1. The van der Waals surface area contributed by atoms with E-state index in [-0.39, 0.29) is 22.4 Å². The van der Waals surface area contributed by atoms with E-state index in [0.29, 0.717) is 13.1 Å². The molecule has 118 valence electrons. The van der Waals surface area contributed by atoms with Crippen molar-refractivity contribution >= 4 is 22.0 Å². The van der Waals surface area contributed by atoms with Gasteiger partial charge >= 0.3 is 6.09 Å². The number of hydrogen-bond acceptors (Lipinski definition) is 3. The third-order valence-electron chi connectivity index (χ3n) is 3.03. The van der Waals surface area contributed by atoms with E-state index in [9.17, 15) is 4.79 Å². The van der Waals surface area contributed by atoms with E-state index in [0.717, 1.165) is 13.0 Å². The van der Waals surface area contributed by atoms with E-state index in [1.165, 1.54) is 0 Å². The predicted octanol–water partition coefficient (Wildman–Crippen LogP) is 3.82. The summed E-state index contributed by atoms with van der Waals surface area (Å²) in [6.45, 7) is 14.2. The number of likely N-dealkylation sites (tertiary alicyclic amines) is 1. The van der Waals surface area contributed by atoms with Crippen LogP contribution in [-0.4, -0.2) is 47.2 Å². The number of hydrogen-bond donors (Lipinski definition) is 0. The van der Waals surface area contributed by atoms with Crippen molar-refractivity contribution in [3.8, 4) is 0 Å². The fourth-order valence-corrected chi connectivity index (χ4v) is 2.55. The molecule has 1 heterocycles. The lowest BCUT2D eigenvalue weighted by Gasteiger charge is -2.24. The van der Waals surface area contributed by atoms with Crippen LogP contribution in [0.25, 0.3) is 0 Å². The molecule has 1 saturated heterocycles. The molecule has 1 aliphatic heterocycles. The fourth-order valence-electron chi connectivity index (χ4n) is 1.88. The van der Waals surface area contributed by atoms with Crippen LogP contribution in [0, 0.1) is 5.41 Å². The van der Waals surface area contributed by atoms with Crippen molar-refractivity contribution in [2.75, 3.05) is 19.7 Å². The SMILES string of the molecule is CC(C)(C)CCOC1CN(C(=O)OC(C)(C)C)CC1Br. The number of halogens is 1. The quantitative estimate of drug-likeness (QED) is 0.727. The lowest BCUT2D eigenvalue weighted by Crippen LogP contribution is -2.36. The Morgan fingerprint density at radius 3 is 2.30 bits per heavy atom. The van der Waals surface area contributed by atoms with Crippen molar-refractivity contribution in [3.05, 3.63) is 0 Å². The standard InChI is InChI=1S/C15H28BrNO3/c1-14(2,3)7-8-19-12-10-17(9-11(12)16)13(18)20-15(4,5)6/h11-12H,7-10H2,1-6H3. The molecule has 2 atom stereocenters. The first-order valence-electron chi connectivity index (χ1n) is 7.21. The van der Waals surface area contributed by atoms with Crippen LogP contribution in [0.5, 0.6) is 0 Å². The van der Waals surface area contributed by atoms with Gasteiger partial charge in [0.15, 0.2) is 0 Å². The average Bonchev–Trinajstić information content (AvgIpc) is 2.56. The largest absolute Gasteiger partial charge is 0.444 e. The molecule has 0 saturated carbocycles. The van der Waals surface area contributed by atoms with E-state index < -0.39 is 5.60 Å². The highest BCUT2D eigenvalue weighted by molar-refractivity contribution is 9.09. The van der Waals surface area contributed by atoms with Crippen LogP contribution in [-0.2, 0) is 9.47 Å². The van der Waals surface area contributed by atoms with Crippen LogP contribution < -0.4 is 0 Å². The summed E-state index contributed by atoms with van der Waals surface area (Å²) in [6, 6.07) is 0. The van der Waals surface area contributed by atoms with Crippen LogP contribution in [0.2, 0.25) is 0 Å². The maximum Gasteiger partial charge on any atom is 0.410 e. The minimum Gasteiger partial charge on any atom is -0.444 e. The molecule has 0 N–H and O–H groups in total. The van der Waals surface area contributed by atoms with Crippen LogP contribution in [0.15, 0.2) is 0 Å². The van der Waals surface area contributed by atoms with Crippen molar-refractivity contribution in [2.45, 2.75) is 64.5 Å². The second-order valence-corrected chi connectivity index (χ2v) is 8.80. The smallest absolute Gasteiger partial charge is 0.410 e. The molecule has 1 fully saturated rings. The summed E-state index contributed by atoms with van der Waals surface area (Å²) < 4.78 is 11.3. The first-order chi connectivity index (χ1) is 8.98. The zero-order valence-corrected chi connectivity index (χ0v) is 15.1. The summed E-state index contributed by atoms with van der Waals surface area (Å²) >= 11 is 3.60. The molecule has 0 bridgehead atoms. The van der Waals surface area contributed by atoms with Crippen LogP contribution in [0.4, 0.5) is 4.79 Å². The highest BCUT2D eigenvalue weighted by atomic mass is 79.9. The third kappa shape index (κ3) is 6.44. The summed E-state index contributed by atoms with van der Waals surface area (Å²) in [4.78, 5) is 13.9. The first kappa shape index (κ1) is 17.8. The number of carbonyl (C=O) groups is 1. The topological polar surface area (TPSA) is 38.8 Å². The van der Waals surface area contributed by atoms with Gasteiger partial charge in [0.05, 0.1) is 17.5 Å². The summed E-state index contributed by atoms with van der Waals surface area (Å²) in [6.07, 6.45) is 0.795. The maximum atomic E-state index is 12.0. The van der Waals surface area contributed by atoms with Gasteiger partial charge in [-0.1, -0.05) is 36.7 Å². The zero-order valence-electron chi connectivity index (χ0n) is 13.5. The Kier molecular flexibility index (Phi) is 5.90. The van der Waals surface area contributed by atoms with Gasteiger partial charge in [0.2, 0.25) is 0 Å². The highest BCUT2D eigenvalue weighted by Crippen LogP contribution is 2.24. The zero-order chi connectivity index (χ0) is 15.6. The lowest BCUT2D eigenvalue weighted by molar-refractivity contribution is 0.0184. The van der Waals surface area contributed by atoms with Crippen LogP contribution >= 0.6 is 15.9 Å². The van der Waals surface area contributed by atoms with Crippen LogP contribution in [0.3, 0.4) is 0 Å². The molecule has 0 aromatic carbocycles. The van der Waals surface area contributed by atoms with E-state index in [4.69, 9.17) is 9.47 Å². The fraction of sp³-hybridized carbons (Fsp3) is 0.933. The summed E-state index contributed by atoms with van der Waals surface area (Å²) in [5, 5.41) is 0. The van der Waals surface area contributed by atoms with Crippen LogP contribution in [0.1, 0.15) is 48.0 Å². The van der Waals surface area contributed by atoms with E-state index in [1.54, 1.807) is 4.90 Å². The molecule has 20 heavy (non-hydrogen) atoms. The van der Waals surface area contributed by atoms with Crippen molar-refractivity contribution in [2.24, 2.45) is 5.41 Å². The van der Waals surface area contributed by atoms with Gasteiger partial charge in [0.1, 0.15) is 5.60 Å². The molecule has 0 radical (unpaired) electrons. The van der Waals surface area contributed by atoms with E-state index in [2.05, 4.69) is 36.7 Å². The molecular weight excluding hydrogens is 322 g/mol. The van der Waals surface area contributed by atoms with Crippen molar-refractivity contribution in [1.29, 1.82) is 0 Å². The molecule has 4 nitrogen and oxygen atoms in total. The van der Waals surface area contributed by atoms with Gasteiger partial charge in [-0.05, 0) is 32.6 Å². The van der Waals surface area contributed by atoms with Gasteiger partial charge in [0.25, 0.3) is 0 Å². The van der Waals surface area contributed by atoms with Crippen molar-refractivity contribution in [3.63, 3.8) is 0 Å². The van der Waals surface area contributed by atoms with E-state index in [1.807, 2.05) is 20.8 Å². The van der Waals surface area contributed by atoms with E-state index >= 15 is 0 Å². The molecule has 1 rings (SSSR count). The van der Waals surface area contributed by atoms with Gasteiger partial charge in [-0.3, -0.25) is 0 Å². The van der Waals surface area contributed by atoms with Gasteiger partial charge < -0.3 is 14.4 Å². The first-order valence-corrected chi connectivity index (χ1v) is 8.13. The molecule has 1 amide bonds. The van der Waals surface area contributed by atoms with Crippen molar-refractivity contribution in [1.82, 2.24) is 4.90 Å². The Morgan fingerprint density at radius 1 is 1.20 bits per heavy atom. The number of ether oxygens (including phenoxy) is 2. The Bertz CT molecular complexity index is 333. The molecule has 5 heteroatoms. The molecule has 0 spiro atoms. The monoisotopic (exact) mass is 349 g/mol. The molecular formula is C15H28BrNO3. The summed E-state index contributed by atoms with van der Waals surface area (Å²) in [5.74, 6) is 0. The van der Waals surface area contributed by atoms with Crippen molar-refractivity contribution < 1.29 is 14.3 Å². The Balaban J connectivity index is 2.41. The third-order valence-corrected chi connectivity index (χ3v) is 3.91. The second-order valence-electron chi connectivity index (χ2n) is 7.62. The Morgan fingerprint density at radius 2 is 1.80 bits per heavy atom. The minimum absolute atomic E-state index is 0.0462.